The minimum Gasteiger partial charge on any atom is -0.472 e. The highest BCUT2D eigenvalue weighted by Gasteiger charge is 2.21. The fourth-order valence-electron chi connectivity index (χ4n) is 1.57. The van der Waals surface area contributed by atoms with E-state index in [9.17, 15) is 10.1 Å². The van der Waals surface area contributed by atoms with Crippen molar-refractivity contribution in [2.75, 3.05) is 19.8 Å². The first-order valence-electron chi connectivity index (χ1n) is 5.17. The molecule has 0 radical (unpaired) electrons. The Labute approximate surface area is 106 Å². The molecule has 17 heavy (non-hydrogen) atoms. The van der Waals surface area contributed by atoms with Gasteiger partial charge in [0.1, 0.15) is 0 Å². The minimum absolute atomic E-state index is 0.0603. The second-order valence-electron chi connectivity index (χ2n) is 3.78. The number of rotatable bonds is 4. The predicted molar refractivity (Wildman–Crippen MR) is 63.0 cm³/mol. The molecule has 1 atom stereocenters. The molecule has 0 bridgehead atoms. The van der Waals surface area contributed by atoms with Gasteiger partial charge in [0.2, 0.25) is 0 Å². The number of aromatic nitrogens is 1. The molecule has 1 aliphatic rings. The number of nitro groups is 1. The van der Waals surface area contributed by atoms with Gasteiger partial charge in [-0.25, -0.2) is 4.98 Å². The van der Waals surface area contributed by atoms with Crippen LogP contribution in [-0.4, -0.2) is 29.7 Å². The fourth-order valence-corrected chi connectivity index (χ4v) is 1.89. The van der Waals surface area contributed by atoms with E-state index in [1.165, 1.54) is 12.3 Å². The highest BCUT2D eigenvalue weighted by Crippen LogP contribution is 2.28. The van der Waals surface area contributed by atoms with Crippen molar-refractivity contribution in [2.45, 2.75) is 6.42 Å². The molecule has 1 aliphatic heterocycles. The minimum atomic E-state index is -0.502. The van der Waals surface area contributed by atoms with Gasteiger partial charge in [-0.05, 0) is 22.4 Å². The van der Waals surface area contributed by atoms with Crippen molar-refractivity contribution >= 4 is 21.6 Å². The maximum Gasteiger partial charge on any atom is 0.332 e. The maximum absolute atomic E-state index is 10.8. The van der Waals surface area contributed by atoms with Crippen molar-refractivity contribution in [3.05, 3.63) is 26.9 Å². The Hall–Kier alpha value is -1.21. The summed E-state index contributed by atoms with van der Waals surface area (Å²) >= 11 is 3.14. The molecule has 7 heteroatoms. The Morgan fingerprint density at radius 2 is 2.53 bits per heavy atom. The SMILES string of the molecule is O=[N+]([O-])c1cc(Br)cnc1OCC1CCOC1. The van der Waals surface area contributed by atoms with Crippen molar-refractivity contribution in [3.63, 3.8) is 0 Å². The molecule has 0 spiro atoms. The lowest BCUT2D eigenvalue weighted by Crippen LogP contribution is -2.13. The van der Waals surface area contributed by atoms with E-state index in [-0.39, 0.29) is 11.6 Å². The number of nitrogens with zero attached hydrogens (tertiary/aromatic N) is 2. The van der Waals surface area contributed by atoms with Crippen molar-refractivity contribution in [3.8, 4) is 5.88 Å². The summed E-state index contributed by atoms with van der Waals surface area (Å²) < 4.78 is 11.1. The van der Waals surface area contributed by atoms with Crippen LogP contribution in [0.15, 0.2) is 16.7 Å². The van der Waals surface area contributed by atoms with Crippen LogP contribution in [-0.2, 0) is 4.74 Å². The summed E-state index contributed by atoms with van der Waals surface area (Å²) in [7, 11) is 0. The van der Waals surface area contributed by atoms with E-state index in [0.717, 1.165) is 13.0 Å². The van der Waals surface area contributed by atoms with E-state index in [1.807, 2.05) is 0 Å². The summed E-state index contributed by atoms with van der Waals surface area (Å²) in [6, 6.07) is 1.38. The van der Waals surface area contributed by atoms with Crippen molar-refractivity contribution in [2.24, 2.45) is 5.92 Å². The molecule has 0 amide bonds. The molecule has 2 rings (SSSR count). The van der Waals surface area contributed by atoms with Crippen LogP contribution in [0.2, 0.25) is 0 Å². The molecular formula is C10H11BrN2O4. The molecule has 92 valence electrons. The molecule has 0 saturated carbocycles. The van der Waals surface area contributed by atoms with Crippen LogP contribution in [0.25, 0.3) is 0 Å². The first kappa shape index (κ1) is 12.3. The topological polar surface area (TPSA) is 74.5 Å². The summed E-state index contributed by atoms with van der Waals surface area (Å²) in [5.41, 5.74) is -0.127. The second-order valence-corrected chi connectivity index (χ2v) is 4.69. The lowest BCUT2D eigenvalue weighted by atomic mass is 10.1. The van der Waals surface area contributed by atoms with Crippen LogP contribution in [0, 0.1) is 16.0 Å². The van der Waals surface area contributed by atoms with Gasteiger partial charge in [0.25, 0.3) is 5.88 Å². The van der Waals surface area contributed by atoms with E-state index in [1.54, 1.807) is 0 Å². The molecule has 6 nitrogen and oxygen atoms in total. The second kappa shape index (κ2) is 5.42. The van der Waals surface area contributed by atoms with Crippen LogP contribution >= 0.6 is 15.9 Å². The molecule has 1 aromatic rings. The molecule has 1 unspecified atom stereocenters. The van der Waals surface area contributed by atoms with Gasteiger partial charge in [-0.1, -0.05) is 0 Å². The maximum atomic E-state index is 10.8. The Bertz CT molecular complexity index is 421. The van der Waals surface area contributed by atoms with E-state index < -0.39 is 4.92 Å². The highest BCUT2D eigenvalue weighted by molar-refractivity contribution is 9.10. The summed E-state index contributed by atoms with van der Waals surface area (Å²) in [4.78, 5) is 14.2. The van der Waals surface area contributed by atoms with Gasteiger partial charge >= 0.3 is 5.69 Å². The van der Waals surface area contributed by atoms with Crippen LogP contribution in [0.5, 0.6) is 5.88 Å². The van der Waals surface area contributed by atoms with Crippen molar-refractivity contribution in [1.82, 2.24) is 4.98 Å². The molecule has 1 aromatic heterocycles. The Balaban J connectivity index is 2.06. The van der Waals surface area contributed by atoms with E-state index >= 15 is 0 Å². The third-order valence-corrected chi connectivity index (χ3v) is 2.91. The predicted octanol–water partition coefficient (Wildman–Crippen LogP) is 2.17. The highest BCUT2D eigenvalue weighted by atomic mass is 79.9. The molecule has 0 N–H and O–H groups in total. The molecule has 0 aliphatic carbocycles. The lowest BCUT2D eigenvalue weighted by molar-refractivity contribution is -0.386. The zero-order valence-electron chi connectivity index (χ0n) is 8.97. The zero-order valence-corrected chi connectivity index (χ0v) is 10.6. The normalized spacial score (nSPS) is 19.2. The van der Waals surface area contributed by atoms with Gasteiger partial charge in [0.05, 0.1) is 18.1 Å². The average molecular weight is 303 g/mol. The smallest absolute Gasteiger partial charge is 0.332 e. The average Bonchev–Trinajstić information content (AvgIpc) is 2.80. The van der Waals surface area contributed by atoms with Gasteiger partial charge in [0, 0.05) is 29.3 Å². The van der Waals surface area contributed by atoms with Crippen LogP contribution in [0.3, 0.4) is 0 Å². The molecule has 0 aromatic carbocycles. The van der Waals surface area contributed by atoms with E-state index in [4.69, 9.17) is 9.47 Å². The summed E-state index contributed by atoms with van der Waals surface area (Å²) in [5, 5.41) is 10.8. The van der Waals surface area contributed by atoms with Gasteiger partial charge in [-0.3, -0.25) is 10.1 Å². The van der Waals surface area contributed by atoms with Crippen LogP contribution < -0.4 is 4.74 Å². The number of halogens is 1. The summed E-state index contributed by atoms with van der Waals surface area (Å²) in [6.45, 7) is 1.77. The Morgan fingerprint density at radius 1 is 1.71 bits per heavy atom. The molecule has 2 heterocycles. The van der Waals surface area contributed by atoms with Crippen LogP contribution in [0.1, 0.15) is 6.42 Å². The Morgan fingerprint density at radius 3 is 3.18 bits per heavy atom. The standard InChI is InChI=1S/C10H11BrN2O4/c11-8-3-9(13(14)15)10(12-4-8)17-6-7-1-2-16-5-7/h3-4,7H,1-2,5-6H2. The molecule has 1 saturated heterocycles. The van der Waals surface area contributed by atoms with Crippen molar-refractivity contribution < 1.29 is 14.4 Å². The van der Waals surface area contributed by atoms with Gasteiger partial charge in [-0.15, -0.1) is 0 Å². The fraction of sp³-hybridized carbons (Fsp3) is 0.500. The van der Waals surface area contributed by atoms with Crippen LogP contribution in [0.4, 0.5) is 5.69 Å². The first-order valence-corrected chi connectivity index (χ1v) is 5.96. The monoisotopic (exact) mass is 302 g/mol. The number of hydrogen-bond donors (Lipinski definition) is 0. The molecule has 1 fully saturated rings. The number of pyridine rings is 1. The van der Waals surface area contributed by atoms with E-state index in [2.05, 4.69) is 20.9 Å². The first-order chi connectivity index (χ1) is 8.16. The van der Waals surface area contributed by atoms with Crippen molar-refractivity contribution in [1.29, 1.82) is 0 Å². The number of ether oxygens (including phenoxy) is 2. The quantitative estimate of drug-likeness (QED) is 0.629. The third-order valence-electron chi connectivity index (χ3n) is 2.48. The summed E-state index contributed by atoms with van der Waals surface area (Å²) in [5.74, 6) is 0.352. The Kier molecular flexibility index (Phi) is 3.90. The van der Waals surface area contributed by atoms with Gasteiger partial charge < -0.3 is 9.47 Å². The third kappa shape index (κ3) is 3.13. The molecular weight excluding hydrogens is 292 g/mol. The van der Waals surface area contributed by atoms with Gasteiger partial charge in [-0.2, -0.15) is 0 Å². The zero-order chi connectivity index (χ0) is 12.3. The van der Waals surface area contributed by atoms with E-state index in [0.29, 0.717) is 23.6 Å². The van der Waals surface area contributed by atoms with Gasteiger partial charge in [0.15, 0.2) is 0 Å². The number of hydrogen-bond acceptors (Lipinski definition) is 5. The lowest BCUT2D eigenvalue weighted by Gasteiger charge is -2.09. The summed E-state index contributed by atoms with van der Waals surface area (Å²) in [6.07, 6.45) is 2.40. The largest absolute Gasteiger partial charge is 0.472 e.